The highest BCUT2D eigenvalue weighted by Crippen LogP contribution is 2.30. The minimum atomic E-state index is -4.54. The van der Waals surface area contributed by atoms with Gasteiger partial charge < -0.3 is 9.47 Å². The van der Waals surface area contributed by atoms with Crippen LogP contribution in [-0.4, -0.2) is 37.9 Å². The zero-order valence-electron chi connectivity index (χ0n) is 11.4. The molecular weight excluding hydrogens is 340 g/mol. The van der Waals surface area contributed by atoms with Crippen LogP contribution in [0.15, 0.2) is 30.3 Å². The summed E-state index contributed by atoms with van der Waals surface area (Å²) >= 11 is 0. The minimum absolute atomic E-state index is 0.0670. The monoisotopic (exact) mass is 352 g/mol. The molecule has 23 heavy (non-hydrogen) atoms. The molecule has 1 rings (SSSR count). The summed E-state index contributed by atoms with van der Waals surface area (Å²) in [5.74, 6) is -9.08. The van der Waals surface area contributed by atoms with Crippen LogP contribution in [0.2, 0.25) is 0 Å². The summed E-state index contributed by atoms with van der Waals surface area (Å²) in [6, 6.07) is 6.65. The van der Waals surface area contributed by atoms with E-state index in [1.54, 1.807) is 0 Å². The quantitative estimate of drug-likeness (QED) is 0.481. The van der Waals surface area contributed by atoms with E-state index in [4.69, 9.17) is 0 Å². The van der Waals surface area contributed by atoms with Crippen molar-refractivity contribution < 1.29 is 44.6 Å². The maximum atomic E-state index is 12.8. The smallest absolute Gasteiger partial charge is 0.330 e. The predicted octanol–water partition coefficient (Wildman–Crippen LogP) is 4.52. The van der Waals surface area contributed by atoms with Gasteiger partial charge in [-0.1, -0.05) is 30.3 Å². The van der Waals surface area contributed by atoms with Gasteiger partial charge in [0.25, 0.3) is 0 Å². The number of rotatable bonds is 9. The van der Waals surface area contributed by atoms with Crippen LogP contribution in [0.3, 0.4) is 0 Å². The molecule has 0 radical (unpaired) electrons. The maximum Gasteiger partial charge on any atom is 0.330 e. The van der Waals surface area contributed by atoms with E-state index in [0.717, 1.165) is 0 Å². The van der Waals surface area contributed by atoms with Crippen molar-refractivity contribution in [3.05, 3.63) is 35.9 Å². The van der Waals surface area contributed by atoms with E-state index in [-0.39, 0.29) is 5.56 Å². The second-order valence-corrected chi connectivity index (χ2v) is 4.49. The van der Waals surface area contributed by atoms with Crippen molar-refractivity contribution in [2.75, 3.05) is 13.2 Å². The molecular formula is C13H12F8O2. The van der Waals surface area contributed by atoms with E-state index in [9.17, 15) is 35.1 Å². The van der Waals surface area contributed by atoms with Gasteiger partial charge >= 0.3 is 24.7 Å². The largest absolute Gasteiger partial charge is 0.342 e. The molecule has 0 unspecified atom stereocenters. The molecule has 1 aromatic rings. The van der Waals surface area contributed by atoms with Crippen LogP contribution in [0.5, 0.6) is 0 Å². The molecule has 10 heteroatoms. The van der Waals surface area contributed by atoms with Gasteiger partial charge in [-0.15, -0.1) is 0 Å². The first-order valence-electron chi connectivity index (χ1n) is 6.16. The van der Waals surface area contributed by atoms with Crippen molar-refractivity contribution in [3.63, 3.8) is 0 Å². The van der Waals surface area contributed by atoms with E-state index in [2.05, 4.69) is 9.47 Å². The topological polar surface area (TPSA) is 18.5 Å². The van der Waals surface area contributed by atoms with E-state index < -0.39 is 44.2 Å². The third kappa shape index (κ3) is 5.94. The summed E-state index contributed by atoms with van der Waals surface area (Å²) in [5, 5.41) is 0. The van der Waals surface area contributed by atoms with Gasteiger partial charge in [-0.05, 0) is 0 Å². The molecule has 0 bridgehead atoms. The van der Waals surface area contributed by atoms with Gasteiger partial charge in [-0.3, -0.25) is 0 Å². The molecule has 0 atom stereocenters. The lowest BCUT2D eigenvalue weighted by atomic mass is 10.2. The zero-order valence-corrected chi connectivity index (χ0v) is 11.4. The Labute approximate surface area is 126 Å². The number of halogens is 8. The third-order valence-corrected chi connectivity index (χ3v) is 2.56. The van der Waals surface area contributed by atoms with Crippen molar-refractivity contribution in [2.24, 2.45) is 0 Å². The molecule has 0 aromatic heterocycles. The molecule has 0 fully saturated rings. The summed E-state index contributed by atoms with van der Waals surface area (Å²) in [7, 11) is 0. The highest BCUT2D eigenvalue weighted by atomic mass is 19.3. The molecule has 0 amide bonds. The predicted molar refractivity (Wildman–Crippen MR) is 63.0 cm³/mol. The van der Waals surface area contributed by atoms with E-state index in [0.29, 0.717) is 0 Å². The zero-order chi connectivity index (χ0) is 17.7. The van der Waals surface area contributed by atoms with Crippen LogP contribution >= 0.6 is 0 Å². The Kier molecular flexibility index (Phi) is 6.75. The van der Waals surface area contributed by atoms with Gasteiger partial charge in [0.15, 0.2) is 6.29 Å². The summed E-state index contributed by atoms with van der Waals surface area (Å²) in [4.78, 5) is 0. The van der Waals surface area contributed by atoms with Gasteiger partial charge in [0.2, 0.25) is 0 Å². The molecule has 0 N–H and O–H groups in total. The number of hydrogen-bond donors (Lipinski definition) is 0. The maximum absolute atomic E-state index is 12.8. The first-order chi connectivity index (χ1) is 10.6. The Bertz CT molecular complexity index is 442. The van der Waals surface area contributed by atoms with Gasteiger partial charge in [0.1, 0.15) is 13.2 Å². The van der Waals surface area contributed by atoms with Crippen molar-refractivity contribution in [2.45, 2.75) is 31.0 Å². The summed E-state index contributed by atoms with van der Waals surface area (Å²) in [6.07, 6.45) is -10.0. The van der Waals surface area contributed by atoms with Gasteiger partial charge in [0.05, 0.1) is 0 Å². The summed E-state index contributed by atoms with van der Waals surface area (Å²) in [6.45, 7) is -3.66. The molecule has 1 aromatic carbocycles. The van der Waals surface area contributed by atoms with Crippen molar-refractivity contribution in [1.29, 1.82) is 0 Å². The van der Waals surface area contributed by atoms with E-state index in [1.165, 1.54) is 30.3 Å². The number of alkyl halides is 8. The fourth-order valence-electron chi connectivity index (χ4n) is 1.35. The van der Waals surface area contributed by atoms with Crippen molar-refractivity contribution in [3.8, 4) is 0 Å². The highest BCUT2D eigenvalue weighted by Gasteiger charge is 2.44. The summed E-state index contributed by atoms with van der Waals surface area (Å²) in [5.41, 5.74) is -0.0670. The number of ether oxygens (including phenoxy) is 2. The first-order valence-corrected chi connectivity index (χ1v) is 6.16. The second kappa shape index (κ2) is 7.91. The standard InChI is InChI=1S/C13H12F8O2/c14-10(15)12(18,19)6-22-9(8-4-2-1-3-5-8)23-7-13(20,21)11(16)17/h1-5,9-11H,6-7H2. The van der Waals surface area contributed by atoms with Crippen LogP contribution in [0.25, 0.3) is 0 Å². The van der Waals surface area contributed by atoms with Gasteiger partial charge in [-0.25, -0.2) is 17.6 Å². The molecule has 0 aliphatic carbocycles. The highest BCUT2D eigenvalue weighted by molar-refractivity contribution is 5.16. The van der Waals surface area contributed by atoms with Crippen LogP contribution < -0.4 is 0 Å². The van der Waals surface area contributed by atoms with E-state index in [1.807, 2.05) is 0 Å². The molecule has 132 valence electrons. The van der Waals surface area contributed by atoms with Gasteiger partial charge in [0, 0.05) is 5.56 Å². The average molecular weight is 352 g/mol. The van der Waals surface area contributed by atoms with Crippen molar-refractivity contribution in [1.82, 2.24) is 0 Å². The molecule has 0 aliphatic heterocycles. The SMILES string of the molecule is FC(F)C(F)(F)COC(OCC(F)(F)C(F)F)c1ccccc1. The molecule has 0 spiro atoms. The van der Waals surface area contributed by atoms with Crippen LogP contribution in [0.4, 0.5) is 35.1 Å². The van der Waals surface area contributed by atoms with Crippen LogP contribution in [-0.2, 0) is 9.47 Å². The fourth-order valence-corrected chi connectivity index (χ4v) is 1.35. The third-order valence-electron chi connectivity index (χ3n) is 2.56. The summed E-state index contributed by atoms with van der Waals surface area (Å²) < 4.78 is 108. The lowest BCUT2D eigenvalue weighted by molar-refractivity contribution is -0.250. The molecule has 0 heterocycles. The molecule has 0 aliphatic rings. The molecule has 2 nitrogen and oxygen atoms in total. The number of hydrogen-bond acceptors (Lipinski definition) is 2. The van der Waals surface area contributed by atoms with E-state index >= 15 is 0 Å². The van der Waals surface area contributed by atoms with Gasteiger partial charge in [-0.2, -0.15) is 17.6 Å². The lowest BCUT2D eigenvalue weighted by Crippen LogP contribution is -2.36. The first kappa shape index (κ1) is 19.6. The average Bonchev–Trinajstić information content (AvgIpc) is 2.47. The Morgan fingerprint density at radius 2 is 1.13 bits per heavy atom. The Hall–Kier alpha value is -1.42. The Morgan fingerprint density at radius 1 is 0.739 bits per heavy atom. The molecule has 0 saturated heterocycles. The Morgan fingerprint density at radius 3 is 1.48 bits per heavy atom. The fraction of sp³-hybridized carbons (Fsp3) is 0.538. The minimum Gasteiger partial charge on any atom is -0.342 e. The number of benzene rings is 1. The molecule has 0 saturated carbocycles. The Balaban J connectivity index is 2.79. The lowest BCUT2D eigenvalue weighted by Gasteiger charge is -2.24. The van der Waals surface area contributed by atoms with Crippen LogP contribution in [0, 0.1) is 0 Å². The van der Waals surface area contributed by atoms with Crippen molar-refractivity contribution >= 4 is 0 Å². The van der Waals surface area contributed by atoms with Crippen LogP contribution in [0.1, 0.15) is 11.9 Å². The second-order valence-electron chi connectivity index (χ2n) is 4.49. The normalized spacial score (nSPS) is 13.3.